The molecule has 0 aliphatic rings. The smallest absolute Gasteiger partial charge is 0.0991 e. The molecule has 0 spiro atoms. The third kappa shape index (κ3) is 2.90. The first-order valence-electron chi connectivity index (χ1n) is 6.07. The van der Waals surface area contributed by atoms with Crippen LogP contribution in [0.5, 0.6) is 0 Å². The molecule has 19 heavy (non-hydrogen) atoms. The van der Waals surface area contributed by atoms with Crippen LogP contribution in [0.4, 0.5) is 11.4 Å². The summed E-state index contributed by atoms with van der Waals surface area (Å²) in [6, 6.07) is 13.4. The van der Waals surface area contributed by atoms with Gasteiger partial charge in [0.25, 0.3) is 0 Å². The molecule has 0 aliphatic carbocycles. The maximum atomic E-state index is 8.78. The first kappa shape index (κ1) is 13.1. The molecule has 0 radical (unpaired) electrons. The van der Waals surface area contributed by atoms with Crippen LogP contribution in [0.25, 0.3) is 0 Å². The Kier molecular flexibility index (Phi) is 3.79. The van der Waals surface area contributed by atoms with E-state index >= 15 is 0 Å². The van der Waals surface area contributed by atoms with E-state index in [1.807, 2.05) is 43.1 Å². The van der Waals surface area contributed by atoms with Crippen LogP contribution in [-0.4, -0.2) is 12.0 Å². The monoisotopic (exact) mass is 252 g/mol. The number of nitriles is 1. The highest BCUT2D eigenvalue weighted by molar-refractivity contribution is 5.62. The fourth-order valence-electron chi connectivity index (χ4n) is 1.77. The first-order chi connectivity index (χ1) is 9.11. The first-order valence-corrected chi connectivity index (χ1v) is 6.07. The number of anilines is 2. The number of rotatable bonds is 3. The van der Waals surface area contributed by atoms with E-state index in [2.05, 4.69) is 11.1 Å². The lowest BCUT2D eigenvalue weighted by atomic mass is 10.2. The minimum atomic E-state index is -0.0609. The van der Waals surface area contributed by atoms with Gasteiger partial charge in [0.2, 0.25) is 0 Å². The van der Waals surface area contributed by atoms with Gasteiger partial charge < -0.3 is 10.6 Å². The molecule has 1 aromatic heterocycles. The predicted octanol–water partition coefficient (Wildman–Crippen LogP) is 2.74. The highest BCUT2D eigenvalue weighted by Gasteiger charge is 2.06. The van der Waals surface area contributed by atoms with E-state index in [1.165, 1.54) is 0 Å². The van der Waals surface area contributed by atoms with Crippen LogP contribution in [0.15, 0.2) is 42.6 Å². The molecule has 1 aromatic carbocycles. The number of pyridine rings is 1. The molecule has 2 aromatic rings. The Morgan fingerprint density at radius 3 is 2.26 bits per heavy atom. The van der Waals surface area contributed by atoms with Crippen molar-refractivity contribution >= 4 is 11.4 Å². The number of benzene rings is 1. The summed E-state index contributed by atoms with van der Waals surface area (Å²) in [6.07, 6.45) is 1.80. The van der Waals surface area contributed by atoms with Gasteiger partial charge in [0.15, 0.2) is 0 Å². The van der Waals surface area contributed by atoms with E-state index in [1.54, 1.807) is 18.3 Å². The zero-order chi connectivity index (χ0) is 13.8. The van der Waals surface area contributed by atoms with Crippen molar-refractivity contribution in [3.8, 4) is 6.07 Å². The number of hydrogen-bond acceptors (Lipinski definition) is 4. The van der Waals surface area contributed by atoms with Gasteiger partial charge in [-0.15, -0.1) is 0 Å². The van der Waals surface area contributed by atoms with Gasteiger partial charge in [0, 0.05) is 18.8 Å². The Balaban J connectivity index is 2.23. The summed E-state index contributed by atoms with van der Waals surface area (Å²) in [5.74, 6) is 0. The maximum Gasteiger partial charge on any atom is 0.0991 e. The Morgan fingerprint density at radius 1 is 1.16 bits per heavy atom. The molecular weight excluding hydrogens is 236 g/mol. The van der Waals surface area contributed by atoms with Crippen LogP contribution in [0.1, 0.15) is 24.2 Å². The van der Waals surface area contributed by atoms with Gasteiger partial charge in [0.1, 0.15) is 0 Å². The molecule has 0 unspecified atom stereocenters. The fraction of sp³-hybridized carbons (Fsp3) is 0.200. The Bertz CT molecular complexity index is 579. The van der Waals surface area contributed by atoms with Crippen LogP contribution in [-0.2, 0) is 0 Å². The van der Waals surface area contributed by atoms with E-state index in [0.717, 1.165) is 17.1 Å². The summed E-state index contributed by atoms with van der Waals surface area (Å²) in [7, 11) is 1.96. The van der Waals surface area contributed by atoms with Crippen molar-refractivity contribution in [2.24, 2.45) is 5.73 Å². The van der Waals surface area contributed by atoms with Crippen molar-refractivity contribution in [1.29, 1.82) is 5.26 Å². The van der Waals surface area contributed by atoms with Crippen LogP contribution in [0.3, 0.4) is 0 Å². The van der Waals surface area contributed by atoms with Crippen LogP contribution < -0.4 is 10.6 Å². The van der Waals surface area contributed by atoms with Crippen molar-refractivity contribution in [1.82, 2.24) is 4.98 Å². The Morgan fingerprint density at radius 2 is 1.79 bits per heavy atom. The number of nitrogens with two attached hydrogens (primary N) is 1. The third-order valence-electron chi connectivity index (χ3n) is 3.01. The average molecular weight is 252 g/mol. The van der Waals surface area contributed by atoms with Gasteiger partial charge in [-0.05, 0) is 43.3 Å². The summed E-state index contributed by atoms with van der Waals surface area (Å²) in [5.41, 5.74) is 9.29. The highest BCUT2D eigenvalue weighted by Crippen LogP contribution is 2.23. The summed E-state index contributed by atoms with van der Waals surface area (Å²) in [4.78, 5) is 6.35. The summed E-state index contributed by atoms with van der Waals surface area (Å²) in [6.45, 7) is 1.91. The lowest BCUT2D eigenvalue weighted by Gasteiger charge is -2.19. The molecular formula is C15H16N4. The molecule has 2 rings (SSSR count). The summed E-state index contributed by atoms with van der Waals surface area (Å²) < 4.78 is 0. The molecule has 4 heteroatoms. The molecule has 1 atom stereocenters. The third-order valence-corrected chi connectivity index (χ3v) is 3.01. The number of nitrogens with zero attached hydrogens (tertiary/aromatic N) is 3. The van der Waals surface area contributed by atoms with Gasteiger partial charge in [-0.25, -0.2) is 0 Å². The average Bonchev–Trinajstić information content (AvgIpc) is 2.46. The highest BCUT2D eigenvalue weighted by atomic mass is 15.1. The quantitative estimate of drug-likeness (QED) is 0.912. The van der Waals surface area contributed by atoms with Crippen LogP contribution >= 0.6 is 0 Å². The molecule has 0 fully saturated rings. The standard InChI is InChI=1S/C15H16N4/c1-11(17)15-8-7-14(10-18-15)19(2)13-5-3-12(9-16)4-6-13/h3-8,10-11H,17H2,1-2H3/t11-/m1/s1. The number of aromatic nitrogens is 1. The predicted molar refractivity (Wildman–Crippen MR) is 76.1 cm³/mol. The number of hydrogen-bond donors (Lipinski definition) is 1. The van der Waals surface area contributed by atoms with Crippen molar-refractivity contribution in [3.63, 3.8) is 0 Å². The molecule has 4 nitrogen and oxygen atoms in total. The summed E-state index contributed by atoms with van der Waals surface area (Å²) in [5, 5.41) is 8.78. The van der Waals surface area contributed by atoms with E-state index in [9.17, 15) is 0 Å². The maximum absolute atomic E-state index is 8.78. The summed E-state index contributed by atoms with van der Waals surface area (Å²) >= 11 is 0. The van der Waals surface area contributed by atoms with E-state index in [-0.39, 0.29) is 6.04 Å². The molecule has 0 aliphatic heterocycles. The van der Waals surface area contributed by atoms with E-state index < -0.39 is 0 Å². The lowest BCUT2D eigenvalue weighted by Crippen LogP contribution is -2.11. The SMILES string of the molecule is C[C@@H](N)c1ccc(N(C)c2ccc(C#N)cc2)cn1. The second kappa shape index (κ2) is 5.51. The molecule has 0 saturated heterocycles. The second-order valence-electron chi connectivity index (χ2n) is 4.45. The Labute approximate surface area is 113 Å². The zero-order valence-electron chi connectivity index (χ0n) is 11.0. The fourth-order valence-corrected chi connectivity index (χ4v) is 1.77. The van der Waals surface area contributed by atoms with Crippen LogP contribution in [0.2, 0.25) is 0 Å². The van der Waals surface area contributed by atoms with E-state index in [4.69, 9.17) is 11.0 Å². The zero-order valence-corrected chi connectivity index (χ0v) is 11.0. The largest absolute Gasteiger partial charge is 0.343 e. The minimum absolute atomic E-state index is 0.0609. The lowest BCUT2D eigenvalue weighted by molar-refractivity contribution is 0.781. The van der Waals surface area contributed by atoms with E-state index in [0.29, 0.717) is 5.56 Å². The van der Waals surface area contributed by atoms with Crippen molar-refractivity contribution < 1.29 is 0 Å². The molecule has 0 amide bonds. The van der Waals surface area contributed by atoms with Crippen molar-refractivity contribution in [2.75, 3.05) is 11.9 Å². The molecule has 0 saturated carbocycles. The second-order valence-corrected chi connectivity index (χ2v) is 4.45. The van der Waals surface area contributed by atoms with Gasteiger partial charge in [-0.3, -0.25) is 4.98 Å². The van der Waals surface area contributed by atoms with Gasteiger partial charge in [-0.2, -0.15) is 5.26 Å². The van der Waals surface area contributed by atoms with Gasteiger partial charge in [0.05, 0.1) is 29.2 Å². The van der Waals surface area contributed by atoms with Gasteiger partial charge >= 0.3 is 0 Å². The van der Waals surface area contributed by atoms with Gasteiger partial charge in [-0.1, -0.05) is 0 Å². The molecule has 96 valence electrons. The molecule has 2 N–H and O–H groups in total. The molecule has 0 bridgehead atoms. The van der Waals surface area contributed by atoms with Crippen molar-refractivity contribution in [2.45, 2.75) is 13.0 Å². The van der Waals surface area contributed by atoms with Crippen LogP contribution in [0, 0.1) is 11.3 Å². The topological polar surface area (TPSA) is 65.9 Å². The molecule has 1 heterocycles. The normalized spacial score (nSPS) is 11.7. The Hall–Kier alpha value is -2.38. The minimum Gasteiger partial charge on any atom is -0.343 e. The van der Waals surface area contributed by atoms with Crippen molar-refractivity contribution in [3.05, 3.63) is 53.9 Å².